The first-order chi connectivity index (χ1) is 66.9. The summed E-state index contributed by atoms with van der Waals surface area (Å²) in [5, 5.41) is 18.3. The summed E-state index contributed by atoms with van der Waals surface area (Å²) in [6.07, 6.45) is 10.3. The van der Waals surface area contributed by atoms with Crippen LogP contribution >= 0.6 is 34.3 Å². The Labute approximate surface area is 836 Å². The van der Waals surface area contributed by atoms with Crippen molar-refractivity contribution in [3.05, 3.63) is 350 Å². The number of ketones is 1. The van der Waals surface area contributed by atoms with Gasteiger partial charge in [-0.05, 0) is 190 Å². The molecule has 2 fully saturated rings. The highest BCUT2D eigenvalue weighted by atomic mass is 35.5. The highest BCUT2D eigenvalue weighted by molar-refractivity contribution is 7.15. The lowest BCUT2D eigenvalue weighted by molar-refractivity contribution is -0.152. The largest absolute Gasteiger partial charge is 0.490 e. The third-order valence-electron chi connectivity index (χ3n) is 24.8. The number of anilines is 2. The van der Waals surface area contributed by atoms with Gasteiger partial charge in [0.15, 0.2) is 17.1 Å². The molecule has 2 unspecified atom stereocenters. The number of ether oxygens (including phenoxy) is 3. The van der Waals surface area contributed by atoms with Gasteiger partial charge in [-0.25, -0.2) is 20.0 Å². The minimum absolute atomic E-state index is 0.0421. The zero-order valence-corrected chi connectivity index (χ0v) is 86.2. The normalized spacial score (nSPS) is 15.1. The highest BCUT2D eigenvalue weighted by Crippen LogP contribution is 2.47. The Kier molecular flexibility index (Phi) is 39.8. The molecule has 728 valence electrons. The SMILES string of the molecule is CC(C)Cc1nc(-c2ccccc2)c(-c2ccccc2)o1.CC(C)Oc1ccccc1C(N)=O.CC(C)c1ccc(C(=O)c2ccccc2)s1.CC(C)c1ccc(C2CCC/C(=N\O)C2)cc1.CC(C)c1sc(-c2ccccc2)nc1-c1ccc(Cl)cc1.CCCCC1(COC(=O)CC(C)C)C(=O)N(c2ccccc2)N(c2ccccc2)C1=O.CCc1cccc2c3c([nH]c12)C(CC)(C(C)C)OCC3. The maximum Gasteiger partial charge on any atom is 0.306 e. The number of unbranched alkanes of at least 4 members (excludes halogenated alkanes) is 1. The van der Waals surface area contributed by atoms with Crippen LogP contribution in [0.2, 0.25) is 5.02 Å². The van der Waals surface area contributed by atoms with Crippen molar-refractivity contribution in [1.29, 1.82) is 0 Å². The zero-order valence-electron chi connectivity index (χ0n) is 83.8. The molecular formula is C119H138ClN7O10S2. The smallest absolute Gasteiger partial charge is 0.306 e. The number of amides is 3. The lowest BCUT2D eigenvalue weighted by atomic mass is 9.80. The number of para-hydroxylation sites is 4. The Bertz CT molecular complexity index is 6140. The first-order valence-electron chi connectivity index (χ1n) is 49.1. The van der Waals surface area contributed by atoms with Crippen LogP contribution in [0.25, 0.3) is 55.3 Å². The van der Waals surface area contributed by atoms with Crippen LogP contribution in [-0.4, -0.2) is 74.7 Å². The number of nitrogens with two attached hydrogens (primary N) is 1. The second-order valence-electron chi connectivity index (χ2n) is 37.8. The summed E-state index contributed by atoms with van der Waals surface area (Å²) in [7, 11) is 0. The minimum Gasteiger partial charge on any atom is -0.490 e. The van der Waals surface area contributed by atoms with Crippen molar-refractivity contribution in [1.82, 2.24) is 15.0 Å². The molecule has 4 N–H and O–H groups in total. The number of rotatable bonds is 27. The Hall–Kier alpha value is -12.7. The number of oxazole rings is 1. The lowest BCUT2D eigenvalue weighted by Gasteiger charge is -2.40. The first-order valence-corrected chi connectivity index (χ1v) is 51.1. The molecule has 1 aliphatic carbocycles. The first kappa shape index (κ1) is 107. The van der Waals surface area contributed by atoms with Crippen LogP contribution in [0.1, 0.15) is 268 Å². The molecule has 20 heteroatoms. The van der Waals surface area contributed by atoms with Crippen LogP contribution < -0.4 is 20.5 Å². The zero-order chi connectivity index (χ0) is 99.9. The third-order valence-corrected chi connectivity index (χ3v) is 27.8. The number of primary amides is 1. The number of nitrogens with zero attached hydrogens (tertiary/aromatic N) is 5. The number of fused-ring (bicyclic) bond motifs is 3. The monoisotopic (exact) mass is 1920 g/mol. The van der Waals surface area contributed by atoms with Gasteiger partial charge in [0.2, 0.25) is 5.78 Å². The molecule has 2 atom stereocenters. The lowest BCUT2D eigenvalue weighted by Crippen LogP contribution is -2.42. The van der Waals surface area contributed by atoms with Crippen LogP contribution in [0.4, 0.5) is 11.4 Å². The molecule has 3 amide bonds. The van der Waals surface area contributed by atoms with E-state index in [0.717, 1.165) is 124 Å². The number of aromatic amines is 1. The van der Waals surface area contributed by atoms with Gasteiger partial charge in [0.1, 0.15) is 28.7 Å². The van der Waals surface area contributed by atoms with Gasteiger partial charge >= 0.3 is 5.97 Å². The van der Waals surface area contributed by atoms with Crippen molar-refractivity contribution < 1.29 is 47.8 Å². The number of benzene rings is 10. The van der Waals surface area contributed by atoms with Gasteiger partial charge in [-0.1, -0.05) is 358 Å². The summed E-state index contributed by atoms with van der Waals surface area (Å²) in [5.74, 6) is 3.96. The number of aromatic nitrogens is 3. The van der Waals surface area contributed by atoms with E-state index in [9.17, 15) is 24.0 Å². The molecule has 17 rings (SSSR count). The molecule has 139 heavy (non-hydrogen) atoms. The van der Waals surface area contributed by atoms with E-state index in [-0.39, 0.29) is 48.2 Å². The van der Waals surface area contributed by atoms with E-state index >= 15 is 0 Å². The maximum atomic E-state index is 13.8. The number of aryl methyl sites for hydroxylation is 1. The standard InChI is InChI=1S/C25H30N2O4.C19H19NO.C18H16ClNS.C18H25NO.C15H21NO.C14H14OS.C10H13NO2/c1-4-5-16-25(18-31-22(28)17-19(2)3)23(29)26(20-12-8-6-9-13-20)27(24(25)30)21-14-10-7-11-15-21;1-14(2)13-17-20-18(15-9-5-3-6-10-15)19(21-17)16-11-7-4-8-12-16;1-12(2)17-16(13-8-10-15(19)11-9-13)20-18(21-17)14-6-4-3-5-7-14;1-5-13-8-7-9-14-15-10-11-20-18(6-2,12(3)4)17(15)19-16(13)14;1-11(2)12-6-8-13(9-7-12)14-4-3-5-15(10-14)16-17;1-10(2)12-8-9-13(16-12)14(15)11-6-4-3-5-7-11;1-7(2)13-9-6-4-3-5-8(9)10(11)12/h6-15,19H,4-5,16-18H2,1-3H3;3-12,14H,13H2,1-2H3;3-12H,1-2H3;7-9,12,19H,5-6,10-11H2,1-4H3;6-9,11,14,17H,3-5,10H2,1-2H3;3-10H,1-2H3;3-7H,1-2H3,(H2,11,12)/b;;;;16-15+;;. The van der Waals surface area contributed by atoms with E-state index in [1.54, 1.807) is 65.1 Å². The van der Waals surface area contributed by atoms with Gasteiger partial charge in [0.05, 0.1) is 51.6 Å². The molecule has 10 aromatic carbocycles. The van der Waals surface area contributed by atoms with Crippen molar-refractivity contribution >= 4 is 91.7 Å². The molecule has 6 heterocycles. The van der Waals surface area contributed by atoms with Crippen LogP contribution in [0.5, 0.6) is 5.75 Å². The Morgan fingerprint density at radius 1 is 0.597 bits per heavy atom. The minimum atomic E-state index is -1.44. The van der Waals surface area contributed by atoms with Crippen molar-refractivity contribution in [2.75, 3.05) is 23.2 Å². The van der Waals surface area contributed by atoms with Crippen LogP contribution in [-0.2, 0) is 48.7 Å². The Balaban J connectivity index is 0.000000158. The van der Waals surface area contributed by atoms with E-state index in [4.69, 9.17) is 51.1 Å². The van der Waals surface area contributed by atoms with Gasteiger partial charge in [-0.15, -0.1) is 22.7 Å². The number of esters is 1. The number of carbonyl (C=O) groups is 5. The van der Waals surface area contributed by atoms with Gasteiger partial charge in [0.25, 0.3) is 17.7 Å². The third kappa shape index (κ3) is 28.1. The van der Waals surface area contributed by atoms with E-state index in [2.05, 4.69) is 172 Å². The van der Waals surface area contributed by atoms with Crippen LogP contribution in [0.15, 0.2) is 295 Å². The molecule has 17 nitrogen and oxygen atoms in total. The summed E-state index contributed by atoms with van der Waals surface area (Å²) in [6, 6.07) is 92.8. The number of oxime groups is 1. The second-order valence-corrected chi connectivity index (χ2v) is 40.3. The molecule has 0 radical (unpaired) electrons. The fourth-order valence-corrected chi connectivity index (χ4v) is 19.5. The molecule has 0 spiro atoms. The van der Waals surface area contributed by atoms with E-state index in [1.165, 1.54) is 70.6 Å². The summed E-state index contributed by atoms with van der Waals surface area (Å²) >= 11 is 9.35. The molecule has 14 aromatic rings. The number of hydrogen-bond acceptors (Lipinski definition) is 15. The number of hydrogen-bond donors (Lipinski definition) is 3. The van der Waals surface area contributed by atoms with E-state index in [0.29, 0.717) is 71.0 Å². The van der Waals surface area contributed by atoms with Gasteiger partial charge in [-0.2, -0.15) is 0 Å². The number of nitrogens with one attached hydrogen (secondary N) is 1. The number of carbonyl (C=O) groups excluding carboxylic acids is 5. The average molecular weight is 1930 g/mol. The fourth-order valence-electron chi connectivity index (χ4n) is 17.3. The van der Waals surface area contributed by atoms with Crippen LogP contribution in [0.3, 0.4) is 0 Å². The molecule has 4 aromatic heterocycles. The van der Waals surface area contributed by atoms with Crippen molar-refractivity contribution in [3.63, 3.8) is 0 Å². The molecule has 1 saturated carbocycles. The van der Waals surface area contributed by atoms with Crippen LogP contribution in [0, 0.1) is 23.2 Å². The Morgan fingerprint density at radius 2 is 1.17 bits per heavy atom. The summed E-state index contributed by atoms with van der Waals surface area (Å²) < 4.78 is 23.2. The average Bonchev–Trinajstić information content (AvgIpc) is 1.57. The van der Waals surface area contributed by atoms with Crippen molar-refractivity contribution in [2.24, 2.45) is 34.1 Å². The van der Waals surface area contributed by atoms with Gasteiger partial charge in [-0.3, -0.25) is 24.0 Å². The maximum absolute atomic E-state index is 13.8. The molecule has 2 aliphatic heterocycles. The summed E-state index contributed by atoms with van der Waals surface area (Å²) in [6.45, 7) is 36.7. The fraction of sp³-hybridized carbons (Fsp3) is 0.345. The van der Waals surface area contributed by atoms with Gasteiger partial charge < -0.3 is 34.6 Å². The summed E-state index contributed by atoms with van der Waals surface area (Å²) in [5.41, 5.74) is 21.7. The molecule has 0 bridgehead atoms. The van der Waals surface area contributed by atoms with Crippen molar-refractivity contribution in [3.8, 4) is 50.2 Å². The molecule has 3 aliphatic rings. The van der Waals surface area contributed by atoms with E-state index < -0.39 is 17.3 Å². The predicted octanol–water partition coefficient (Wildman–Crippen LogP) is 30.7. The number of thiophene rings is 1. The number of thiazole rings is 1. The Morgan fingerprint density at radius 3 is 1.69 bits per heavy atom. The predicted molar refractivity (Wildman–Crippen MR) is 572 cm³/mol. The van der Waals surface area contributed by atoms with E-state index in [1.807, 2.05) is 198 Å². The molecular weight excluding hydrogens is 1790 g/mol. The number of halogens is 1. The number of H-pyrrole nitrogens is 1. The van der Waals surface area contributed by atoms with Crippen molar-refractivity contribution in [2.45, 2.75) is 230 Å². The second kappa shape index (κ2) is 51.8. The van der Waals surface area contributed by atoms with Gasteiger partial charge in [0, 0.05) is 66.3 Å². The molecule has 1 saturated heterocycles. The number of hydrazine groups is 1. The summed E-state index contributed by atoms with van der Waals surface area (Å²) in [4.78, 5) is 79.7. The highest BCUT2D eigenvalue weighted by Gasteiger charge is 2.60. The quantitative estimate of drug-likeness (QED) is 0.0143. The topological polar surface area (TPSA) is 233 Å².